The van der Waals surface area contributed by atoms with Crippen molar-refractivity contribution in [3.8, 4) is 5.75 Å². The topological polar surface area (TPSA) is 63.8 Å². The van der Waals surface area contributed by atoms with Gasteiger partial charge in [-0.2, -0.15) is 5.10 Å². The number of carbonyl (C=O) groups is 1. The fourth-order valence-corrected chi connectivity index (χ4v) is 2.63. The van der Waals surface area contributed by atoms with Crippen molar-refractivity contribution in [2.45, 2.75) is 38.7 Å². The normalized spacial score (nSPS) is 15.2. The molecule has 1 aromatic heterocycles. The van der Waals surface area contributed by atoms with E-state index in [2.05, 4.69) is 10.5 Å². The van der Waals surface area contributed by atoms with Crippen LogP contribution in [0.25, 0.3) is 0 Å². The lowest BCUT2D eigenvalue weighted by Crippen LogP contribution is -2.17. The molecule has 0 spiro atoms. The summed E-state index contributed by atoms with van der Waals surface area (Å²) in [5, 5.41) is 3.89. The van der Waals surface area contributed by atoms with Crippen LogP contribution in [0.4, 0.5) is 0 Å². The first kappa shape index (κ1) is 15.3. The average Bonchev–Trinajstić information content (AvgIpc) is 3.20. The van der Waals surface area contributed by atoms with Gasteiger partial charge in [0, 0.05) is 5.56 Å². The summed E-state index contributed by atoms with van der Waals surface area (Å²) in [6.45, 7) is 1.85. The Bertz CT molecular complexity index is 683. The van der Waals surface area contributed by atoms with Crippen LogP contribution in [0.2, 0.25) is 0 Å². The van der Waals surface area contributed by atoms with Crippen LogP contribution in [0.15, 0.2) is 45.9 Å². The minimum absolute atomic E-state index is 0.267. The fourth-order valence-electron chi connectivity index (χ4n) is 2.63. The minimum Gasteiger partial charge on any atom is -0.490 e. The van der Waals surface area contributed by atoms with Crippen LogP contribution in [-0.4, -0.2) is 18.2 Å². The number of benzene rings is 1. The average molecular weight is 312 g/mol. The molecule has 0 bridgehead atoms. The minimum atomic E-state index is -0.267. The van der Waals surface area contributed by atoms with Crippen LogP contribution in [0.1, 0.15) is 47.6 Å². The molecule has 1 heterocycles. The second kappa shape index (κ2) is 7.13. The van der Waals surface area contributed by atoms with E-state index in [1.165, 1.54) is 19.1 Å². The molecule has 5 nitrogen and oxygen atoms in total. The number of ether oxygens (including phenoxy) is 1. The highest BCUT2D eigenvalue weighted by Crippen LogP contribution is 2.24. The second-order valence-electron chi connectivity index (χ2n) is 5.70. The summed E-state index contributed by atoms with van der Waals surface area (Å²) in [6, 6.07) is 10.8. The summed E-state index contributed by atoms with van der Waals surface area (Å²) < 4.78 is 11.2. The maximum absolute atomic E-state index is 12.0. The Morgan fingerprint density at radius 3 is 2.61 bits per heavy atom. The Hall–Kier alpha value is -2.56. The molecule has 1 amide bonds. The maximum atomic E-state index is 12.0. The summed E-state index contributed by atoms with van der Waals surface area (Å²) in [5.74, 6) is 1.94. The third kappa shape index (κ3) is 4.22. The summed E-state index contributed by atoms with van der Waals surface area (Å²) >= 11 is 0. The van der Waals surface area contributed by atoms with Crippen LogP contribution >= 0.6 is 0 Å². The van der Waals surface area contributed by atoms with Crippen molar-refractivity contribution in [2.24, 2.45) is 5.10 Å². The molecule has 0 radical (unpaired) electrons. The Labute approximate surface area is 135 Å². The SMILES string of the molecule is Cc1ccc(/C=N\NC(=O)c2ccc(OC3CCCC3)cc2)o1. The number of furan rings is 1. The van der Waals surface area contributed by atoms with Crippen LogP contribution in [-0.2, 0) is 0 Å². The van der Waals surface area contributed by atoms with E-state index < -0.39 is 0 Å². The number of hydrogen-bond acceptors (Lipinski definition) is 4. The van der Waals surface area contributed by atoms with Crippen molar-refractivity contribution in [1.82, 2.24) is 5.43 Å². The van der Waals surface area contributed by atoms with Gasteiger partial charge in [0.15, 0.2) is 0 Å². The highest BCUT2D eigenvalue weighted by atomic mass is 16.5. The molecule has 0 atom stereocenters. The molecule has 1 N–H and O–H groups in total. The van der Waals surface area contributed by atoms with E-state index in [9.17, 15) is 4.79 Å². The van der Waals surface area contributed by atoms with Crippen LogP contribution in [0.5, 0.6) is 5.75 Å². The third-order valence-corrected chi connectivity index (χ3v) is 3.84. The molecular formula is C18H20N2O3. The zero-order valence-electron chi connectivity index (χ0n) is 13.1. The molecule has 1 fully saturated rings. The van der Waals surface area contributed by atoms with Gasteiger partial charge in [-0.05, 0) is 69.0 Å². The first-order valence-corrected chi connectivity index (χ1v) is 7.87. The number of hydrogen-bond donors (Lipinski definition) is 1. The molecule has 5 heteroatoms. The zero-order chi connectivity index (χ0) is 16.1. The van der Waals surface area contributed by atoms with E-state index in [-0.39, 0.29) is 5.91 Å². The molecular weight excluding hydrogens is 292 g/mol. The van der Waals surface area contributed by atoms with Gasteiger partial charge in [-0.3, -0.25) is 4.79 Å². The number of nitrogens with zero attached hydrogens (tertiary/aromatic N) is 1. The molecule has 2 aromatic rings. The van der Waals surface area contributed by atoms with Gasteiger partial charge in [0.05, 0.1) is 12.3 Å². The van der Waals surface area contributed by atoms with Gasteiger partial charge < -0.3 is 9.15 Å². The number of amides is 1. The molecule has 3 rings (SSSR count). The summed E-state index contributed by atoms with van der Waals surface area (Å²) in [5.41, 5.74) is 3.02. The van der Waals surface area contributed by atoms with Crippen molar-refractivity contribution in [2.75, 3.05) is 0 Å². The lowest BCUT2D eigenvalue weighted by Gasteiger charge is -2.12. The summed E-state index contributed by atoms with van der Waals surface area (Å²) in [7, 11) is 0. The molecule has 1 aliphatic rings. The molecule has 1 aliphatic carbocycles. The predicted octanol–water partition coefficient (Wildman–Crippen LogP) is 3.67. The first-order valence-electron chi connectivity index (χ1n) is 7.87. The van der Waals surface area contributed by atoms with E-state index in [0.29, 0.717) is 17.4 Å². The Balaban J connectivity index is 1.53. The molecule has 120 valence electrons. The van der Waals surface area contributed by atoms with Crippen molar-refractivity contribution < 1.29 is 13.9 Å². The monoisotopic (exact) mass is 312 g/mol. The molecule has 0 aliphatic heterocycles. The first-order chi connectivity index (χ1) is 11.2. The zero-order valence-corrected chi connectivity index (χ0v) is 13.1. The van der Waals surface area contributed by atoms with Gasteiger partial charge in [-0.25, -0.2) is 5.43 Å². The Morgan fingerprint density at radius 1 is 1.22 bits per heavy atom. The van der Waals surface area contributed by atoms with Crippen molar-refractivity contribution in [3.05, 3.63) is 53.5 Å². The summed E-state index contributed by atoms with van der Waals surface area (Å²) in [6.07, 6.45) is 6.49. The van der Waals surface area contributed by atoms with E-state index in [1.807, 2.05) is 25.1 Å². The molecule has 1 aromatic carbocycles. The molecule has 1 saturated carbocycles. The molecule has 23 heavy (non-hydrogen) atoms. The second-order valence-corrected chi connectivity index (χ2v) is 5.70. The summed E-state index contributed by atoms with van der Waals surface area (Å²) in [4.78, 5) is 12.0. The number of aryl methyl sites for hydroxylation is 1. The van der Waals surface area contributed by atoms with E-state index >= 15 is 0 Å². The lowest BCUT2D eigenvalue weighted by molar-refractivity contribution is 0.0955. The Morgan fingerprint density at radius 2 is 1.96 bits per heavy atom. The number of carbonyl (C=O) groups excluding carboxylic acids is 1. The lowest BCUT2D eigenvalue weighted by atomic mass is 10.2. The smallest absolute Gasteiger partial charge is 0.271 e. The third-order valence-electron chi connectivity index (χ3n) is 3.84. The van der Waals surface area contributed by atoms with Crippen LogP contribution < -0.4 is 10.2 Å². The van der Waals surface area contributed by atoms with E-state index in [0.717, 1.165) is 24.4 Å². The van der Waals surface area contributed by atoms with Gasteiger partial charge in [0.25, 0.3) is 5.91 Å². The van der Waals surface area contributed by atoms with Gasteiger partial charge in [0.2, 0.25) is 0 Å². The highest BCUT2D eigenvalue weighted by molar-refractivity contribution is 5.94. The largest absolute Gasteiger partial charge is 0.490 e. The van der Waals surface area contributed by atoms with Gasteiger partial charge in [0.1, 0.15) is 17.3 Å². The molecule has 0 saturated heterocycles. The highest BCUT2D eigenvalue weighted by Gasteiger charge is 2.16. The van der Waals surface area contributed by atoms with Crippen molar-refractivity contribution in [3.63, 3.8) is 0 Å². The Kier molecular flexibility index (Phi) is 4.76. The van der Waals surface area contributed by atoms with E-state index in [4.69, 9.17) is 9.15 Å². The number of nitrogens with one attached hydrogen (secondary N) is 1. The van der Waals surface area contributed by atoms with Gasteiger partial charge in [-0.1, -0.05) is 0 Å². The fraction of sp³-hybridized carbons (Fsp3) is 0.333. The van der Waals surface area contributed by atoms with Crippen molar-refractivity contribution in [1.29, 1.82) is 0 Å². The predicted molar refractivity (Wildman–Crippen MR) is 87.8 cm³/mol. The van der Waals surface area contributed by atoms with E-state index in [1.54, 1.807) is 18.2 Å². The number of hydrazone groups is 1. The van der Waals surface area contributed by atoms with Crippen LogP contribution in [0, 0.1) is 6.92 Å². The van der Waals surface area contributed by atoms with Gasteiger partial charge >= 0.3 is 0 Å². The maximum Gasteiger partial charge on any atom is 0.271 e. The van der Waals surface area contributed by atoms with Crippen LogP contribution in [0.3, 0.4) is 0 Å². The standard InChI is InChI=1S/C18H20N2O3/c1-13-6-9-17(22-13)12-19-20-18(21)14-7-10-16(11-8-14)23-15-4-2-3-5-15/h6-12,15H,2-5H2,1H3,(H,20,21)/b19-12-. The van der Waals surface area contributed by atoms with Gasteiger partial charge in [-0.15, -0.1) is 0 Å². The van der Waals surface area contributed by atoms with Crippen molar-refractivity contribution >= 4 is 12.1 Å². The molecule has 0 unspecified atom stereocenters. The quantitative estimate of drug-likeness (QED) is 0.676. The number of rotatable bonds is 5.